The molecule has 1 aromatic heterocycles. The first-order valence-corrected chi connectivity index (χ1v) is 10.6. The number of hydrogen-bond acceptors (Lipinski definition) is 8. The molecule has 2 N–H and O–H groups in total. The van der Waals surface area contributed by atoms with E-state index in [-0.39, 0.29) is 30.1 Å². The third kappa shape index (κ3) is 5.69. The smallest absolute Gasteiger partial charge is 0.343 e. The maximum atomic E-state index is 12.7. The Hall–Kier alpha value is -4.54. The van der Waals surface area contributed by atoms with Crippen molar-refractivity contribution in [2.75, 3.05) is 39.8 Å². The number of nitrogens with zero attached hydrogens (tertiary/aromatic N) is 2. The van der Waals surface area contributed by atoms with Crippen molar-refractivity contribution in [3.05, 3.63) is 59.8 Å². The average molecular weight is 482 g/mol. The molecule has 11 nitrogen and oxygen atoms in total. The summed E-state index contributed by atoms with van der Waals surface area (Å²) < 4.78 is 22.2. The lowest BCUT2D eigenvalue weighted by Crippen LogP contribution is -2.33. The van der Waals surface area contributed by atoms with Crippen LogP contribution in [0.4, 0.5) is 5.82 Å². The van der Waals surface area contributed by atoms with Crippen molar-refractivity contribution < 1.29 is 33.3 Å². The van der Waals surface area contributed by atoms with Gasteiger partial charge in [-0.1, -0.05) is 18.2 Å². The molecule has 11 heteroatoms. The van der Waals surface area contributed by atoms with E-state index < -0.39 is 17.8 Å². The quantitative estimate of drug-likeness (QED) is 0.422. The lowest BCUT2D eigenvalue weighted by molar-refractivity contribution is -0.115. The van der Waals surface area contributed by atoms with E-state index in [1.165, 1.54) is 44.3 Å². The van der Waals surface area contributed by atoms with Crippen LogP contribution in [0, 0.1) is 0 Å². The van der Waals surface area contributed by atoms with Crippen LogP contribution in [0.5, 0.6) is 17.2 Å². The minimum atomic E-state index is -0.633. The van der Waals surface area contributed by atoms with E-state index in [9.17, 15) is 14.4 Å². The molecule has 184 valence electrons. The van der Waals surface area contributed by atoms with Crippen LogP contribution < -0.4 is 24.8 Å². The van der Waals surface area contributed by atoms with Crippen LogP contribution in [0.3, 0.4) is 0 Å². The fourth-order valence-corrected chi connectivity index (χ4v) is 3.24. The molecule has 0 spiro atoms. The molecule has 3 aromatic rings. The second-order valence-corrected chi connectivity index (χ2v) is 7.02. The van der Waals surface area contributed by atoms with Gasteiger partial charge in [0.1, 0.15) is 5.56 Å². The van der Waals surface area contributed by atoms with Crippen molar-refractivity contribution in [3.8, 4) is 22.9 Å². The van der Waals surface area contributed by atoms with Crippen LogP contribution in [0.2, 0.25) is 0 Å². The molecule has 0 saturated heterocycles. The summed E-state index contributed by atoms with van der Waals surface area (Å²) in [6, 6.07) is 11.9. The molecule has 0 aliphatic rings. The van der Waals surface area contributed by atoms with Crippen molar-refractivity contribution in [1.29, 1.82) is 0 Å². The maximum absolute atomic E-state index is 12.7. The first-order valence-electron chi connectivity index (χ1n) is 10.6. The summed E-state index contributed by atoms with van der Waals surface area (Å²) in [4.78, 5) is 37.8. The first-order chi connectivity index (χ1) is 16.9. The highest BCUT2D eigenvalue weighted by atomic mass is 16.5. The highest BCUT2D eigenvalue weighted by Gasteiger charge is 2.22. The highest BCUT2D eigenvalue weighted by molar-refractivity contribution is 6.03. The number of esters is 1. The fraction of sp³-hybridized carbons (Fsp3) is 0.250. The monoisotopic (exact) mass is 482 g/mol. The van der Waals surface area contributed by atoms with E-state index in [0.717, 1.165) is 0 Å². The summed E-state index contributed by atoms with van der Waals surface area (Å²) in [6.07, 6.45) is 1.31. The van der Waals surface area contributed by atoms with Crippen LogP contribution >= 0.6 is 0 Å². The van der Waals surface area contributed by atoms with E-state index in [2.05, 4.69) is 15.7 Å². The molecular weight excluding hydrogens is 456 g/mol. The number of rotatable bonds is 10. The van der Waals surface area contributed by atoms with Gasteiger partial charge in [0.2, 0.25) is 11.7 Å². The summed E-state index contributed by atoms with van der Waals surface area (Å²) in [5, 5.41) is 9.39. The predicted molar refractivity (Wildman–Crippen MR) is 127 cm³/mol. The SMILES string of the molecule is CCOC(=O)c1cnn(-c2ccccc2)c1NC(=O)CNC(=O)c1cc(OC)c(OC)c(OC)c1. The van der Waals surface area contributed by atoms with Crippen LogP contribution in [0.15, 0.2) is 48.7 Å². The summed E-state index contributed by atoms with van der Waals surface area (Å²) >= 11 is 0. The van der Waals surface area contributed by atoms with Gasteiger partial charge in [-0.05, 0) is 31.2 Å². The molecule has 35 heavy (non-hydrogen) atoms. The minimum Gasteiger partial charge on any atom is -0.493 e. The molecule has 0 saturated carbocycles. The van der Waals surface area contributed by atoms with Crippen LogP contribution in [0.1, 0.15) is 27.6 Å². The number of benzene rings is 2. The Kier molecular flexibility index (Phi) is 8.28. The van der Waals surface area contributed by atoms with Crippen molar-refractivity contribution in [2.24, 2.45) is 0 Å². The first kappa shape index (κ1) is 25.1. The van der Waals surface area contributed by atoms with Gasteiger partial charge >= 0.3 is 5.97 Å². The Balaban J connectivity index is 1.78. The number of carbonyl (C=O) groups is 3. The second kappa shape index (κ2) is 11.5. The second-order valence-electron chi connectivity index (χ2n) is 7.02. The maximum Gasteiger partial charge on any atom is 0.343 e. The number of amides is 2. The van der Waals surface area contributed by atoms with Crippen molar-refractivity contribution in [3.63, 3.8) is 0 Å². The molecule has 0 atom stereocenters. The Morgan fingerprint density at radius 3 is 2.20 bits per heavy atom. The predicted octanol–water partition coefficient (Wildman–Crippen LogP) is 2.44. The van der Waals surface area contributed by atoms with Crippen molar-refractivity contribution in [1.82, 2.24) is 15.1 Å². The van der Waals surface area contributed by atoms with Gasteiger partial charge in [0.25, 0.3) is 5.91 Å². The van der Waals surface area contributed by atoms with Gasteiger partial charge < -0.3 is 29.6 Å². The zero-order chi connectivity index (χ0) is 25.4. The van der Waals surface area contributed by atoms with Gasteiger partial charge in [0, 0.05) is 5.56 Å². The van der Waals surface area contributed by atoms with Crippen molar-refractivity contribution >= 4 is 23.6 Å². The van der Waals surface area contributed by atoms with Gasteiger partial charge in [-0.15, -0.1) is 0 Å². The molecule has 0 aliphatic carbocycles. The van der Waals surface area contributed by atoms with Gasteiger partial charge in [-0.25, -0.2) is 9.48 Å². The number of ether oxygens (including phenoxy) is 4. The molecular formula is C24H26N4O7. The zero-order valence-electron chi connectivity index (χ0n) is 19.8. The largest absolute Gasteiger partial charge is 0.493 e. The number of hydrogen-bond donors (Lipinski definition) is 2. The molecule has 0 aliphatic heterocycles. The Bertz CT molecular complexity index is 1180. The summed E-state index contributed by atoms with van der Waals surface area (Å²) in [5.41, 5.74) is 0.911. The molecule has 0 unspecified atom stereocenters. The number of carbonyl (C=O) groups excluding carboxylic acids is 3. The third-order valence-electron chi connectivity index (χ3n) is 4.86. The van der Waals surface area contributed by atoms with E-state index in [4.69, 9.17) is 18.9 Å². The third-order valence-corrected chi connectivity index (χ3v) is 4.86. The normalized spacial score (nSPS) is 10.3. The van der Waals surface area contributed by atoms with Gasteiger partial charge in [0.05, 0.1) is 46.4 Å². The average Bonchev–Trinajstić information content (AvgIpc) is 3.30. The lowest BCUT2D eigenvalue weighted by atomic mass is 10.1. The van der Waals surface area contributed by atoms with E-state index in [1.807, 2.05) is 6.07 Å². The van der Waals surface area contributed by atoms with Crippen LogP contribution in [0.25, 0.3) is 5.69 Å². The van der Waals surface area contributed by atoms with Gasteiger partial charge in [-0.3, -0.25) is 9.59 Å². The summed E-state index contributed by atoms with van der Waals surface area (Å²) in [6.45, 7) is 1.46. The number of methoxy groups -OCH3 is 3. The lowest BCUT2D eigenvalue weighted by Gasteiger charge is -2.14. The van der Waals surface area contributed by atoms with Crippen LogP contribution in [-0.4, -0.2) is 62.0 Å². The number of para-hydroxylation sites is 1. The van der Waals surface area contributed by atoms with E-state index >= 15 is 0 Å². The number of nitrogens with one attached hydrogen (secondary N) is 2. The highest BCUT2D eigenvalue weighted by Crippen LogP contribution is 2.38. The Morgan fingerprint density at radius 1 is 0.971 bits per heavy atom. The molecule has 0 bridgehead atoms. The molecule has 0 radical (unpaired) electrons. The molecule has 2 amide bonds. The standard InChI is InChI=1S/C24H26N4O7/c1-5-35-24(31)17-13-26-28(16-9-7-6-8-10-16)22(17)27-20(29)14-25-23(30)15-11-18(32-2)21(34-4)19(12-15)33-3/h6-13H,5,14H2,1-4H3,(H,25,30)(H,27,29). The summed E-state index contributed by atoms with van der Waals surface area (Å²) in [7, 11) is 4.32. The summed E-state index contributed by atoms with van der Waals surface area (Å²) in [5.74, 6) is -0.687. The van der Waals surface area contributed by atoms with Gasteiger partial charge in [-0.2, -0.15) is 5.10 Å². The number of anilines is 1. The van der Waals surface area contributed by atoms with Crippen molar-refractivity contribution in [2.45, 2.75) is 6.92 Å². The van der Waals surface area contributed by atoms with Gasteiger partial charge in [0.15, 0.2) is 17.3 Å². The van der Waals surface area contributed by atoms with E-state index in [0.29, 0.717) is 22.9 Å². The zero-order valence-corrected chi connectivity index (χ0v) is 19.8. The molecule has 3 rings (SSSR count). The Labute approximate surface area is 201 Å². The van der Waals surface area contributed by atoms with E-state index in [1.54, 1.807) is 31.2 Å². The minimum absolute atomic E-state index is 0.0833. The topological polar surface area (TPSA) is 130 Å². The molecule has 2 aromatic carbocycles. The fourth-order valence-electron chi connectivity index (χ4n) is 3.24. The molecule has 0 fully saturated rings. The van der Waals surface area contributed by atoms with Crippen LogP contribution in [-0.2, 0) is 9.53 Å². The number of aromatic nitrogens is 2. The Morgan fingerprint density at radius 2 is 1.63 bits per heavy atom. The molecule has 1 heterocycles.